The third-order valence-electron chi connectivity index (χ3n) is 11.5. The average molecular weight is 819 g/mol. The van der Waals surface area contributed by atoms with Gasteiger partial charge in [-0.25, -0.2) is 4.90 Å². The van der Waals surface area contributed by atoms with Crippen LogP contribution in [0.2, 0.25) is 0 Å². The lowest BCUT2D eigenvalue weighted by Crippen LogP contribution is -2.29. The van der Waals surface area contributed by atoms with E-state index in [0.29, 0.717) is 51.4 Å². The minimum Gasteiger partial charge on any atom is -0.508 e. The highest BCUT2D eigenvalue weighted by Crippen LogP contribution is 2.39. The van der Waals surface area contributed by atoms with Crippen molar-refractivity contribution < 1.29 is 38.9 Å². The fraction of sp³-hybridized carbons (Fsp3) is 0.0769. The van der Waals surface area contributed by atoms with E-state index in [1.54, 1.807) is 92.0 Å². The average Bonchev–Trinajstić information content (AvgIpc) is 3.53. The minimum atomic E-state index is -0.454. The van der Waals surface area contributed by atoms with E-state index in [2.05, 4.69) is 13.8 Å². The third-order valence-corrected chi connectivity index (χ3v) is 11.5. The van der Waals surface area contributed by atoms with Crippen LogP contribution in [0.5, 0.6) is 34.5 Å². The van der Waals surface area contributed by atoms with Crippen LogP contribution < -0.4 is 19.3 Å². The van der Waals surface area contributed by atoms with Crippen LogP contribution in [0.4, 0.5) is 11.4 Å². The molecule has 8 aromatic rings. The zero-order chi connectivity index (χ0) is 43.3. The van der Waals surface area contributed by atoms with Gasteiger partial charge in [-0.15, -0.1) is 0 Å². The highest BCUT2D eigenvalue weighted by Gasteiger charge is 2.38. The summed E-state index contributed by atoms with van der Waals surface area (Å²) in [6, 6.07) is 45.5. The number of carbonyl (C=O) groups is 4. The Kier molecular flexibility index (Phi) is 9.75. The lowest BCUT2D eigenvalue weighted by molar-refractivity contribution is 0.0924. The molecule has 2 N–H and O–H groups in total. The number of amides is 3. The summed E-state index contributed by atoms with van der Waals surface area (Å²) in [4.78, 5) is 55.6. The van der Waals surface area contributed by atoms with Gasteiger partial charge in [0.25, 0.3) is 17.7 Å². The van der Waals surface area contributed by atoms with Gasteiger partial charge in [-0.2, -0.15) is 0 Å². The van der Waals surface area contributed by atoms with Gasteiger partial charge < -0.3 is 24.6 Å². The van der Waals surface area contributed by atoms with Crippen LogP contribution in [0.1, 0.15) is 66.4 Å². The first-order chi connectivity index (χ1) is 29.9. The van der Waals surface area contributed by atoms with E-state index < -0.39 is 23.1 Å². The van der Waals surface area contributed by atoms with Crippen LogP contribution >= 0.6 is 0 Å². The Bertz CT molecular complexity index is 3120. The van der Waals surface area contributed by atoms with Crippen molar-refractivity contribution >= 4 is 56.9 Å². The number of carbonyl (C=O) groups excluding carboxylic acids is 4. The lowest BCUT2D eigenvalue weighted by atomic mass is 9.78. The molecule has 0 bridgehead atoms. The predicted octanol–water partition coefficient (Wildman–Crippen LogP) is 11.2. The third kappa shape index (κ3) is 7.03. The molecule has 62 heavy (non-hydrogen) atoms. The molecule has 3 amide bonds. The molecule has 0 saturated heterocycles. The summed E-state index contributed by atoms with van der Waals surface area (Å²) < 4.78 is 12.4. The van der Waals surface area contributed by atoms with Crippen LogP contribution in [0.3, 0.4) is 0 Å². The zero-order valence-electron chi connectivity index (χ0n) is 33.8. The summed E-state index contributed by atoms with van der Waals surface area (Å²) in [5.74, 6) is 0.842. The molecule has 0 radical (unpaired) electrons. The fourth-order valence-corrected chi connectivity index (χ4v) is 7.99. The molecule has 0 saturated carbocycles. The van der Waals surface area contributed by atoms with Gasteiger partial charge in [0, 0.05) is 28.8 Å². The summed E-state index contributed by atoms with van der Waals surface area (Å²) in [6.45, 7) is 4.22. The van der Waals surface area contributed by atoms with E-state index in [9.17, 15) is 29.4 Å². The summed E-state index contributed by atoms with van der Waals surface area (Å²) >= 11 is 0. The van der Waals surface area contributed by atoms with Crippen LogP contribution in [0.15, 0.2) is 158 Å². The van der Waals surface area contributed by atoms with Crippen molar-refractivity contribution in [2.24, 2.45) is 0 Å². The number of ether oxygens (including phenoxy) is 2. The number of hydrogen-bond donors (Lipinski definition) is 2. The van der Waals surface area contributed by atoms with Gasteiger partial charge in [0.05, 0.1) is 28.1 Å². The molecule has 1 heterocycles. The van der Waals surface area contributed by atoms with E-state index >= 15 is 0 Å². The Labute approximate surface area is 356 Å². The number of aromatic hydroxyl groups is 2. The van der Waals surface area contributed by atoms with Gasteiger partial charge in [0.1, 0.15) is 34.5 Å². The second-order valence-electron chi connectivity index (χ2n) is 15.6. The van der Waals surface area contributed by atoms with Gasteiger partial charge in [-0.05, 0) is 131 Å². The van der Waals surface area contributed by atoms with E-state index in [1.807, 2.05) is 66.7 Å². The van der Waals surface area contributed by atoms with Crippen LogP contribution in [-0.4, -0.2) is 41.3 Å². The first kappa shape index (κ1) is 39.2. The monoisotopic (exact) mass is 818 g/mol. The molecule has 0 aliphatic carbocycles. The summed E-state index contributed by atoms with van der Waals surface area (Å²) in [5.41, 5.74) is 3.63. The molecule has 0 spiro atoms. The molecule has 0 fully saturated rings. The number of rotatable bonds is 10. The minimum absolute atomic E-state index is 0.0924. The molecular formula is C52H38N2O8. The smallest absolute Gasteiger partial charge is 0.266 e. The second kappa shape index (κ2) is 15.4. The molecule has 9 rings (SSSR count). The van der Waals surface area contributed by atoms with Gasteiger partial charge in [-0.3, -0.25) is 19.2 Å². The maximum Gasteiger partial charge on any atom is 0.266 e. The normalized spacial score (nSPS) is 12.4. The van der Waals surface area contributed by atoms with Crippen molar-refractivity contribution in [2.75, 3.05) is 16.8 Å². The summed E-state index contributed by atoms with van der Waals surface area (Å²) in [6.07, 6.45) is 0.648. The molecular weight excluding hydrogens is 781 g/mol. The Morgan fingerprint density at radius 1 is 0.597 bits per heavy atom. The fourth-order valence-electron chi connectivity index (χ4n) is 7.99. The maximum absolute atomic E-state index is 13.8. The van der Waals surface area contributed by atoms with Crippen LogP contribution in [-0.2, 0) is 5.41 Å². The van der Waals surface area contributed by atoms with E-state index in [1.165, 1.54) is 11.0 Å². The number of anilines is 2. The Morgan fingerprint density at radius 2 is 1.13 bits per heavy atom. The number of hydrogen-bond acceptors (Lipinski definition) is 8. The molecule has 0 aromatic heterocycles. The molecule has 0 unspecified atom stereocenters. The summed E-state index contributed by atoms with van der Waals surface area (Å²) in [7, 11) is 1.64. The first-order valence-corrected chi connectivity index (χ1v) is 19.8. The van der Waals surface area contributed by atoms with Crippen LogP contribution in [0.25, 0.3) is 21.5 Å². The van der Waals surface area contributed by atoms with Gasteiger partial charge in [0.2, 0.25) is 0 Å². The van der Waals surface area contributed by atoms with Gasteiger partial charge in [0.15, 0.2) is 6.29 Å². The first-order valence-electron chi connectivity index (χ1n) is 19.8. The molecule has 0 atom stereocenters. The van der Waals surface area contributed by atoms with E-state index in [4.69, 9.17) is 9.47 Å². The molecule has 1 aliphatic rings. The largest absolute Gasteiger partial charge is 0.508 e. The zero-order valence-corrected chi connectivity index (χ0v) is 33.8. The van der Waals surface area contributed by atoms with Gasteiger partial charge >= 0.3 is 0 Å². The highest BCUT2D eigenvalue weighted by atomic mass is 16.5. The van der Waals surface area contributed by atoms with Crippen LogP contribution in [0, 0.1) is 0 Å². The van der Waals surface area contributed by atoms with Crippen molar-refractivity contribution in [3.8, 4) is 34.5 Å². The number of phenols is 2. The van der Waals surface area contributed by atoms with Crippen molar-refractivity contribution in [3.05, 3.63) is 191 Å². The van der Waals surface area contributed by atoms with Crippen molar-refractivity contribution in [3.63, 3.8) is 0 Å². The number of nitrogens with zero attached hydrogens (tertiary/aromatic N) is 2. The number of phenolic OH excluding ortho intramolecular Hbond substituents is 2. The number of aldehydes is 1. The number of benzene rings is 8. The number of fused-ring (bicyclic) bond motifs is 3. The topological polar surface area (TPSA) is 134 Å². The van der Waals surface area contributed by atoms with Gasteiger partial charge in [-0.1, -0.05) is 62.4 Å². The Morgan fingerprint density at radius 3 is 1.76 bits per heavy atom. The molecule has 1 aliphatic heterocycles. The predicted molar refractivity (Wildman–Crippen MR) is 239 cm³/mol. The van der Waals surface area contributed by atoms with Crippen molar-refractivity contribution in [2.45, 2.75) is 19.3 Å². The molecule has 10 heteroatoms. The van der Waals surface area contributed by atoms with Crippen molar-refractivity contribution in [1.82, 2.24) is 0 Å². The lowest BCUT2D eigenvalue weighted by Gasteiger charge is -2.26. The molecule has 10 nitrogen and oxygen atoms in total. The maximum atomic E-state index is 13.8. The van der Waals surface area contributed by atoms with Crippen molar-refractivity contribution in [1.29, 1.82) is 0 Å². The Hall–Kier alpha value is -8.24. The molecule has 304 valence electrons. The SMILES string of the molecule is CN(C(=O)c1cc(Oc2ccc(C(C)(C)c3ccc(Oc4ccc5c(c4)C(=O)N(c4cccc6cc(O)ccc46)C5=O)cc3)cc2)ccc1C=O)c1cccc2cc(O)ccc12. The Balaban J connectivity index is 0.880. The van der Waals surface area contributed by atoms with E-state index in [-0.39, 0.29) is 33.8 Å². The summed E-state index contributed by atoms with van der Waals surface area (Å²) in [5, 5.41) is 22.8. The van der Waals surface area contributed by atoms with E-state index in [0.717, 1.165) is 26.8 Å². The standard InChI is InChI=1S/C52H38N2O8/c1-52(2,34-11-18-38(19-12-34)61-40-17-10-33(30-55)45(28-40)49(58)53(3)47-8-4-6-31-26-36(56)15-23-42(31)47)35-13-20-39(21-14-35)62-41-22-25-44-46(29-41)51(60)54(50(44)59)48-9-5-7-32-27-37(57)16-24-43(32)48/h4-30,56-57H,1-3H3. The highest BCUT2D eigenvalue weighted by molar-refractivity contribution is 6.36. The number of imide groups is 1. The second-order valence-corrected chi connectivity index (χ2v) is 15.6. The molecule has 8 aromatic carbocycles. The quantitative estimate of drug-likeness (QED) is 0.103.